The molecule has 0 aliphatic heterocycles. The first-order valence-electron chi connectivity index (χ1n) is 3.69. The highest BCUT2D eigenvalue weighted by molar-refractivity contribution is 5.36. The van der Waals surface area contributed by atoms with Crippen LogP contribution in [0.1, 0.15) is 6.92 Å². The van der Waals surface area contributed by atoms with Crippen molar-refractivity contribution in [3.63, 3.8) is 0 Å². The van der Waals surface area contributed by atoms with Gasteiger partial charge in [-0.3, -0.25) is 10.1 Å². The van der Waals surface area contributed by atoms with Gasteiger partial charge in [0.1, 0.15) is 5.82 Å². The van der Waals surface area contributed by atoms with Crippen molar-refractivity contribution in [1.29, 1.82) is 0 Å². The third-order valence-corrected chi connectivity index (χ3v) is 1.38. The Labute approximate surface area is 75.3 Å². The van der Waals surface area contributed by atoms with E-state index in [0.29, 0.717) is 5.82 Å². The Hall–Kier alpha value is -1.91. The van der Waals surface area contributed by atoms with E-state index in [-0.39, 0.29) is 5.70 Å². The molecule has 0 fully saturated rings. The van der Waals surface area contributed by atoms with E-state index in [1.54, 1.807) is 24.4 Å². The summed E-state index contributed by atoms with van der Waals surface area (Å²) in [6, 6.07) is 5.30. The Bertz CT molecular complexity index is 321. The maximum Gasteiger partial charge on any atom is 0.259 e. The van der Waals surface area contributed by atoms with Crippen molar-refractivity contribution in [3.8, 4) is 0 Å². The van der Waals surface area contributed by atoms with Crippen molar-refractivity contribution in [3.05, 3.63) is 46.4 Å². The van der Waals surface area contributed by atoms with Gasteiger partial charge in [-0.15, -0.1) is 0 Å². The highest BCUT2D eigenvalue weighted by Crippen LogP contribution is 2.01. The van der Waals surface area contributed by atoms with Gasteiger partial charge < -0.3 is 5.32 Å². The maximum absolute atomic E-state index is 10.2. The third-order valence-electron chi connectivity index (χ3n) is 1.38. The summed E-state index contributed by atoms with van der Waals surface area (Å²) in [6.07, 6.45) is 2.92. The normalized spacial score (nSPS) is 11.0. The molecular weight excluding hydrogens is 170 g/mol. The van der Waals surface area contributed by atoms with Gasteiger partial charge in [-0.1, -0.05) is 6.07 Å². The fourth-order valence-electron chi connectivity index (χ4n) is 0.679. The number of hydrogen-bond acceptors (Lipinski definition) is 4. The molecule has 0 radical (unpaired) electrons. The van der Waals surface area contributed by atoms with Gasteiger partial charge in [0.2, 0.25) is 0 Å². The summed E-state index contributed by atoms with van der Waals surface area (Å²) in [5.74, 6) is 0.587. The minimum Gasteiger partial charge on any atom is -0.341 e. The zero-order valence-corrected chi connectivity index (χ0v) is 7.10. The molecule has 0 atom stereocenters. The van der Waals surface area contributed by atoms with E-state index in [9.17, 15) is 10.1 Å². The van der Waals surface area contributed by atoms with E-state index in [1.165, 1.54) is 13.1 Å². The molecule has 5 nitrogen and oxygen atoms in total. The number of pyridine rings is 1. The number of allylic oxidation sites excluding steroid dienone is 1. The minimum absolute atomic E-state index is 0.0469. The van der Waals surface area contributed by atoms with Crippen molar-refractivity contribution in [2.24, 2.45) is 0 Å². The predicted molar refractivity (Wildman–Crippen MR) is 48.6 cm³/mol. The summed E-state index contributed by atoms with van der Waals surface area (Å²) < 4.78 is 0. The summed E-state index contributed by atoms with van der Waals surface area (Å²) >= 11 is 0. The van der Waals surface area contributed by atoms with Crippen LogP contribution < -0.4 is 5.32 Å². The van der Waals surface area contributed by atoms with E-state index in [0.717, 1.165) is 0 Å². The van der Waals surface area contributed by atoms with E-state index in [2.05, 4.69) is 10.3 Å². The third kappa shape index (κ3) is 2.90. The SMILES string of the molecule is CC(=CNc1ccccn1)[N+](=O)[O-]. The van der Waals surface area contributed by atoms with Crippen LogP contribution in [0.5, 0.6) is 0 Å². The van der Waals surface area contributed by atoms with Crippen LogP contribution in [0.2, 0.25) is 0 Å². The Morgan fingerprint density at radius 3 is 3.00 bits per heavy atom. The molecule has 1 heterocycles. The van der Waals surface area contributed by atoms with E-state index < -0.39 is 4.92 Å². The van der Waals surface area contributed by atoms with E-state index in [4.69, 9.17) is 0 Å². The summed E-state index contributed by atoms with van der Waals surface area (Å²) in [4.78, 5) is 13.7. The first-order valence-corrected chi connectivity index (χ1v) is 3.69. The second-order valence-corrected chi connectivity index (χ2v) is 2.40. The largest absolute Gasteiger partial charge is 0.341 e. The molecule has 0 unspecified atom stereocenters. The van der Waals surface area contributed by atoms with Gasteiger partial charge in [-0.25, -0.2) is 4.98 Å². The zero-order valence-electron chi connectivity index (χ0n) is 7.10. The topological polar surface area (TPSA) is 68.1 Å². The molecule has 1 aromatic heterocycles. The van der Waals surface area contributed by atoms with Gasteiger partial charge in [0.25, 0.3) is 5.70 Å². The lowest BCUT2D eigenvalue weighted by molar-refractivity contribution is -0.424. The van der Waals surface area contributed by atoms with Crippen molar-refractivity contribution in [2.75, 3.05) is 5.32 Å². The monoisotopic (exact) mass is 179 g/mol. The van der Waals surface area contributed by atoms with Crippen molar-refractivity contribution >= 4 is 5.82 Å². The Balaban J connectivity index is 2.62. The maximum atomic E-state index is 10.2. The summed E-state index contributed by atoms with van der Waals surface area (Å²) in [5.41, 5.74) is 0.0469. The molecule has 0 aliphatic carbocycles. The summed E-state index contributed by atoms with van der Waals surface area (Å²) in [7, 11) is 0. The molecule has 68 valence electrons. The lowest BCUT2D eigenvalue weighted by atomic mass is 10.4. The summed E-state index contributed by atoms with van der Waals surface area (Å²) in [5, 5.41) is 12.9. The van der Waals surface area contributed by atoms with Crippen LogP contribution in [0.4, 0.5) is 5.82 Å². The molecule has 13 heavy (non-hydrogen) atoms. The molecule has 0 spiro atoms. The van der Waals surface area contributed by atoms with Gasteiger partial charge in [-0.05, 0) is 12.1 Å². The highest BCUT2D eigenvalue weighted by Gasteiger charge is 1.99. The molecule has 0 saturated carbocycles. The highest BCUT2D eigenvalue weighted by atomic mass is 16.6. The number of aromatic nitrogens is 1. The number of nitrogens with zero attached hydrogens (tertiary/aromatic N) is 2. The first kappa shape index (κ1) is 9.18. The van der Waals surface area contributed by atoms with Gasteiger partial charge in [0, 0.05) is 13.1 Å². The second kappa shape index (κ2) is 4.20. The Morgan fingerprint density at radius 2 is 2.46 bits per heavy atom. The molecule has 1 rings (SSSR count). The van der Waals surface area contributed by atoms with Gasteiger partial charge in [-0.2, -0.15) is 0 Å². The van der Waals surface area contributed by atoms with Crippen molar-refractivity contribution in [1.82, 2.24) is 4.98 Å². The molecule has 0 aromatic carbocycles. The standard InChI is InChI=1S/C8H9N3O2/c1-7(11(12)13)6-10-8-4-2-3-5-9-8/h2-6H,1H3,(H,9,10). The number of rotatable bonds is 3. The minimum atomic E-state index is -0.462. The van der Waals surface area contributed by atoms with Crippen molar-refractivity contribution < 1.29 is 4.92 Å². The molecule has 0 aliphatic rings. The first-order chi connectivity index (χ1) is 6.20. The van der Waals surface area contributed by atoms with Gasteiger partial charge in [0.05, 0.1) is 11.1 Å². The Morgan fingerprint density at radius 1 is 1.69 bits per heavy atom. The van der Waals surface area contributed by atoms with Crippen LogP contribution in [0, 0.1) is 10.1 Å². The lowest BCUT2D eigenvalue weighted by Gasteiger charge is -1.96. The molecule has 0 saturated heterocycles. The predicted octanol–water partition coefficient (Wildman–Crippen LogP) is 1.63. The number of hydrogen-bond donors (Lipinski definition) is 1. The van der Waals surface area contributed by atoms with Crippen LogP contribution in [-0.4, -0.2) is 9.91 Å². The molecule has 0 amide bonds. The second-order valence-electron chi connectivity index (χ2n) is 2.40. The van der Waals surface area contributed by atoms with Crippen LogP contribution >= 0.6 is 0 Å². The number of nitrogens with one attached hydrogen (secondary N) is 1. The lowest BCUT2D eigenvalue weighted by Crippen LogP contribution is -1.98. The summed E-state index contributed by atoms with van der Waals surface area (Å²) in [6.45, 7) is 1.41. The van der Waals surface area contributed by atoms with Crippen molar-refractivity contribution in [2.45, 2.75) is 6.92 Å². The van der Waals surface area contributed by atoms with E-state index >= 15 is 0 Å². The van der Waals surface area contributed by atoms with Crippen LogP contribution in [-0.2, 0) is 0 Å². The van der Waals surface area contributed by atoms with Crippen LogP contribution in [0.3, 0.4) is 0 Å². The van der Waals surface area contributed by atoms with Crippen LogP contribution in [0.25, 0.3) is 0 Å². The number of anilines is 1. The molecule has 1 aromatic rings. The average molecular weight is 179 g/mol. The van der Waals surface area contributed by atoms with Crippen LogP contribution in [0.15, 0.2) is 36.3 Å². The molecule has 5 heteroatoms. The zero-order chi connectivity index (χ0) is 9.68. The quantitative estimate of drug-likeness (QED) is 0.565. The number of nitro groups is 1. The smallest absolute Gasteiger partial charge is 0.259 e. The average Bonchev–Trinajstić information content (AvgIpc) is 2.15. The fourth-order valence-corrected chi connectivity index (χ4v) is 0.679. The Kier molecular flexibility index (Phi) is 2.97. The molecule has 0 bridgehead atoms. The fraction of sp³-hybridized carbons (Fsp3) is 0.125. The van der Waals surface area contributed by atoms with Gasteiger partial charge in [0.15, 0.2) is 0 Å². The van der Waals surface area contributed by atoms with Gasteiger partial charge >= 0.3 is 0 Å². The van der Waals surface area contributed by atoms with E-state index in [1.807, 2.05) is 0 Å². The molecular formula is C8H9N3O2. The molecule has 1 N–H and O–H groups in total.